The number of likely N-dealkylation sites (N-methyl/N-ethyl adjacent to an activating group) is 1. The van der Waals surface area contributed by atoms with Crippen LogP contribution in [0.4, 0.5) is 0 Å². The van der Waals surface area contributed by atoms with Gasteiger partial charge in [0.15, 0.2) is 0 Å². The number of aliphatic hydroxyl groups excluding tert-OH is 1. The normalized spacial score (nSPS) is 12.2. The molecular weight excluding hydrogens is 242 g/mol. The van der Waals surface area contributed by atoms with Crippen molar-refractivity contribution in [3.63, 3.8) is 0 Å². The topological polar surface area (TPSA) is 49.8 Å². The van der Waals surface area contributed by atoms with Crippen molar-refractivity contribution in [2.75, 3.05) is 27.3 Å². The fraction of sp³-hybridized carbons (Fsp3) is 0.417. The Bertz CT molecular complexity index is 384. The maximum Gasteiger partial charge on any atom is 0.253 e. The molecule has 0 spiro atoms. The monoisotopic (exact) mass is 257 g/mol. The standard InChI is InChI=1S/C12H16ClNO3/c1-14(7-11(15)8-17-2)12(16)9-4-3-5-10(13)6-9/h3-6,11,15H,7-8H2,1-2H3. The van der Waals surface area contributed by atoms with Gasteiger partial charge in [0.25, 0.3) is 5.91 Å². The fourth-order valence-electron chi connectivity index (χ4n) is 1.49. The Labute approximate surface area is 106 Å². The molecule has 1 atom stereocenters. The van der Waals surface area contributed by atoms with Crippen molar-refractivity contribution in [3.8, 4) is 0 Å². The van der Waals surface area contributed by atoms with Crippen molar-refractivity contribution < 1.29 is 14.6 Å². The van der Waals surface area contributed by atoms with Gasteiger partial charge < -0.3 is 14.7 Å². The third kappa shape index (κ3) is 4.34. The largest absolute Gasteiger partial charge is 0.389 e. The van der Waals surface area contributed by atoms with Crippen molar-refractivity contribution in [2.45, 2.75) is 6.10 Å². The summed E-state index contributed by atoms with van der Waals surface area (Å²) in [6, 6.07) is 6.71. The third-order valence-electron chi connectivity index (χ3n) is 2.26. The van der Waals surface area contributed by atoms with E-state index < -0.39 is 6.10 Å². The molecule has 0 aromatic heterocycles. The number of nitrogens with zero attached hydrogens (tertiary/aromatic N) is 1. The number of hydrogen-bond donors (Lipinski definition) is 1. The summed E-state index contributed by atoms with van der Waals surface area (Å²) in [6.07, 6.45) is -0.687. The summed E-state index contributed by atoms with van der Waals surface area (Å²) in [4.78, 5) is 13.4. The van der Waals surface area contributed by atoms with E-state index in [1.807, 2.05) is 0 Å². The van der Waals surface area contributed by atoms with Crippen molar-refractivity contribution in [2.24, 2.45) is 0 Å². The molecule has 5 heteroatoms. The van der Waals surface area contributed by atoms with Gasteiger partial charge in [0.05, 0.1) is 12.7 Å². The number of carbonyl (C=O) groups excluding carboxylic acids is 1. The molecule has 4 nitrogen and oxygen atoms in total. The Balaban J connectivity index is 2.63. The summed E-state index contributed by atoms with van der Waals surface area (Å²) in [7, 11) is 3.13. The lowest BCUT2D eigenvalue weighted by Crippen LogP contribution is -2.36. The second-order valence-corrected chi connectivity index (χ2v) is 4.24. The lowest BCUT2D eigenvalue weighted by atomic mass is 10.2. The zero-order chi connectivity index (χ0) is 12.8. The molecule has 0 saturated heterocycles. The van der Waals surface area contributed by atoms with E-state index in [9.17, 15) is 9.90 Å². The Hall–Kier alpha value is -1.10. The van der Waals surface area contributed by atoms with E-state index in [0.717, 1.165) is 0 Å². The van der Waals surface area contributed by atoms with Crippen LogP contribution in [0.5, 0.6) is 0 Å². The lowest BCUT2D eigenvalue weighted by molar-refractivity contribution is 0.0380. The molecule has 0 aliphatic rings. The Kier molecular flexibility index (Phi) is 5.41. The van der Waals surface area contributed by atoms with Gasteiger partial charge in [-0.1, -0.05) is 17.7 Å². The molecule has 0 saturated carbocycles. The van der Waals surface area contributed by atoms with Crippen LogP contribution in [0.25, 0.3) is 0 Å². The van der Waals surface area contributed by atoms with Gasteiger partial charge in [-0.2, -0.15) is 0 Å². The molecule has 0 aliphatic carbocycles. The minimum absolute atomic E-state index is 0.178. The first-order valence-electron chi connectivity index (χ1n) is 5.22. The van der Waals surface area contributed by atoms with Crippen LogP contribution in [0, 0.1) is 0 Å². The molecule has 94 valence electrons. The molecule has 1 unspecified atom stereocenters. The molecule has 0 fully saturated rings. The minimum Gasteiger partial charge on any atom is -0.389 e. The molecule has 1 N–H and O–H groups in total. The van der Waals surface area contributed by atoms with Gasteiger partial charge in [0, 0.05) is 31.3 Å². The maximum atomic E-state index is 12.0. The van der Waals surface area contributed by atoms with Gasteiger partial charge in [0.1, 0.15) is 0 Å². The second kappa shape index (κ2) is 6.59. The highest BCUT2D eigenvalue weighted by molar-refractivity contribution is 6.30. The maximum absolute atomic E-state index is 12.0. The van der Waals surface area contributed by atoms with Gasteiger partial charge >= 0.3 is 0 Å². The number of methoxy groups -OCH3 is 1. The Morgan fingerprint density at radius 3 is 2.88 bits per heavy atom. The summed E-state index contributed by atoms with van der Waals surface area (Å²) >= 11 is 5.81. The quantitative estimate of drug-likeness (QED) is 0.868. The number of ether oxygens (including phenoxy) is 1. The summed E-state index contributed by atoms with van der Waals surface area (Å²) in [5.41, 5.74) is 0.504. The minimum atomic E-state index is -0.687. The van der Waals surface area contributed by atoms with E-state index in [0.29, 0.717) is 10.6 Å². The molecule has 1 aromatic carbocycles. The average Bonchev–Trinajstić information content (AvgIpc) is 2.28. The smallest absolute Gasteiger partial charge is 0.253 e. The van der Waals surface area contributed by atoms with Gasteiger partial charge in [0.2, 0.25) is 0 Å². The predicted molar refractivity (Wildman–Crippen MR) is 66.3 cm³/mol. The molecule has 0 radical (unpaired) electrons. The van der Waals surface area contributed by atoms with E-state index in [2.05, 4.69) is 0 Å². The van der Waals surface area contributed by atoms with Crippen molar-refractivity contribution in [3.05, 3.63) is 34.9 Å². The first kappa shape index (κ1) is 14.0. The molecular formula is C12H16ClNO3. The zero-order valence-electron chi connectivity index (χ0n) is 9.89. The van der Waals surface area contributed by atoms with E-state index >= 15 is 0 Å². The summed E-state index contributed by atoms with van der Waals surface area (Å²) in [5.74, 6) is -0.178. The molecule has 1 amide bonds. The Morgan fingerprint density at radius 1 is 1.59 bits per heavy atom. The average molecular weight is 258 g/mol. The molecule has 0 bridgehead atoms. The second-order valence-electron chi connectivity index (χ2n) is 3.81. The highest BCUT2D eigenvalue weighted by Gasteiger charge is 2.15. The predicted octanol–water partition coefficient (Wildman–Crippen LogP) is 1.42. The first-order chi connectivity index (χ1) is 8.04. The van der Waals surface area contributed by atoms with Crippen LogP contribution in [0.1, 0.15) is 10.4 Å². The first-order valence-corrected chi connectivity index (χ1v) is 5.60. The van der Waals surface area contributed by atoms with Gasteiger partial charge in [-0.25, -0.2) is 0 Å². The number of halogens is 1. The molecule has 0 heterocycles. The van der Waals surface area contributed by atoms with E-state index in [1.165, 1.54) is 12.0 Å². The van der Waals surface area contributed by atoms with Crippen molar-refractivity contribution >= 4 is 17.5 Å². The number of benzene rings is 1. The van der Waals surface area contributed by atoms with Crippen LogP contribution in [-0.2, 0) is 4.74 Å². The highest BCUT2D eigenvalue weighted by atomic mass is 35.5. The van der Waals surface area contributed by atoms with Crippen LogP contribution in [0.15, 0.2) is 24.3 Å². The lowest BCUT2D eigenvalue weighted by Gasteiger charge is -2.20. The SMILES string of the molecule is COCC(O)CN(C)C(=O)c1cccc(Cl)c1. The van der Waals surface area contributed by atoms with Crippen molar-refractivity contribution in [1.82, 2.24) is 4.90 Å². The Morgan fingerprint density at radius 2 is 2.29 bits per heavy atom. The zero-order valence-corrected chi connectivity index (χ0v) is 10.6. The van der Waals surface area contributed by atoms with Gasteiger partial charge in [-0.05, 0) is 18.2 Å². The van der Waals surface area contributed by atoms with Gasteiger partial charge in [-0.15, -0.1) is 0 Å². The molecule has 17 heavy (non-hydrogen) atoms. The van der Waals surface area contributed by atoms with Gasteiger partial charge in [-0.3, -0.25) is 4.79 Å². The molecule has 1 aromatic rings. The summed E-state index contributed by atoms with van der Waals surface area (Å²) in [6.45, 7) is 0.423. The third-order valence-corrected chi connectivity index (χ3v) is 2.50. The van der Waals surface area contributed by atoms with Crippen molar-refractivity contribution in [1.29, 1.82) is 0 Å². The number of rotatable bonds is 5. The van der Waals surface area contributed by atoms with Crippen LogP contribution in [0.3, 0.4) is 0 Å². The van der Waals surface area contributed by atoms with E-state index in [1.54, 1.807) is 31.3 Å². The number of aliphatic hydroxyl groups is 1. The number of amides is 1. The highest BCUT2D eigenvalue weighted by Crippen LogP contribution is 2.12. The number of hydrogen-bond acceptors (Lipinski definition) is 3. The summed E-state index contributed by atoms with van der Waals surface area (Å²) < 4.78 is 4.80. The van der Waals surface area contributed by atoms with E-state index in [4.69, 9.17) is 16.3 Å². The number of carbonyl (C=O) groups is 1. The van der Waals surface area contributed by atoms with E-state index in [-0.39, 0.29) is 19.1 Å². The fourth-order valence-corrected chi connectivity index (χ4v) is 1.68. The van der Waals surface area contributed by atoms with Crippen LogP contribution >= 0.6 is 11.6 Å². The molecule has 1 rings (SSSR count). The van der Waals surface area contributed by atoms with Crippen LogP contribution < -0.4 is 0 Å². The van der Waals surface area contributed by atoms with Crippen LogP contribution in [-0.4, -0.2) is 49.3 Å². The summed E-state index contributed by atoms with van der Waals surface area (Å²) in [5, 5.41) is 10.0. The van der Waals surface area contributed by atoms with Crippen LogP contribution in [0.2, 0.25) is 5.02 Å². The molecule has 0 aliphatic heterocycles.